The molecule has 22 heavy (non-hydrogen) atoms. The highest BCUT2D eigenvalue weighted by Gasteiger charge is 2.40. The fourth-order valence-corrected chi connectivity index (χ4v) is 3.96. The van der Waals surface area contributed by atoms with Crippen LogP contribution in [0.1, 0.15) is 48.7 Å². The van der Waals surface area contributed by atoms with Crippen molar-refractivity contribution in [2.45, 2.75) is 44.7 Å². The number of furan rings is 1. The summed E-state index contributed by atoms with van der Waals surface area (Å²) in [6.07, 6.45) is 5.66. The Morgan fingerprint density at radius 1 is 1.45 bits per heavy atom. The summed E-state index contributed by atoms with van der Waals surface area (Å²) in [5.74, 6) is 1.28. The zero-order valence-electron chi connectivity index (χ0n) is 12.9. The molecule has 1 saturated carbocycles. The van der Waals surface area contributed by atoms with Gasteiger partial charge in [-0.3, -0.25) is 9.78 Å². The first kappa shape index (κ1) is 13.8. The van der Waals surface area contributed by atoms with Crippen molar-refractivity contribution in [3.8, 4) is 0 Å². The number of fused-ring (bicyclic) bond motifs is 3. The maximum atomic E-state index is 12.7. The van der Waals surface area contributed by atoms with Gasteiger partial charge in [0, 0.05) is 29.2 Å². The average molecular weight is 299 g/mol. The molecule has 2 fully saturated rings. The molecule has 1 saturated heterocycles. The van der Waals surface area contributed by atoms with Gasteiger partial charge in [0.25, 0.3) is 5.91 Å². The number of nitrogens with one attached hydrogen (secondary N) is 2. The number of piperidine rings is 1. The molecule has 3 atom stereocenters. The van der Waals surface area contributed by atoms with Gasteiger partial charge in [0.05, 0.1) is 6.20 Å². The zero-order chi connectivity index (χ0) is 15.3. The van der Waals surface area contributed by atoms with Crippen LogP contribution in [0.2, 0.25) is 0 Å². The van der Waals surface area contributed by atoms with E-state index in [1.165, 1.54) is 6.42 Å². The minimum atomic E-state index is -0.0979. The van der Waals surface area contributed by atoms with Gasteiger partial charge in [-0.15, -0.1) is 0 Å². The highest BCUT2D eigenvalue weighted by molar-refractivity contribution is 5.99. The maximum absolute atomic E-state index is 12.7. The van der Waals surface area contributed by atoms with Crippen molar-refractivity contribution < 1.29 is 9.21 Å². The van der Waals surface area contributed by atoms with Crippen LogP contribution in [-0.2, 0) is 0 Å². The molecule has 1 aliphatic heterocycles. The molecular weight excluding hydrogens is 278 g/mol. The smallest absolute Gasteiger partial charge is 0.287 e. The SMILES string of the molecule is CC(C)c1c(C(=O)NC2CC3CNC2C3)oc2cnccc12. The minimum Gasteiger partial charge on any atom is -0.449 e. The summed E-state index contributed by atoms with van der Waals surface area (Å²) in [6, 6.07) is 2.56. The van der Waals surface area contributed by atoms with E-state index in [2.05, 4.69) is 29.5 Å². The summed E-state index contributed by atoms with van der Waals surface area (Å²) in [4.78, 5) is 16.8. The van der Waals surface area contributed by atoms with Gasteiger partial charge < -0.3 is 15.1 Å². The summed E-state index contributed by atoms with van der Waals surface area (Å²) in [7, 11) is 0. The molecule has 116 valence electrons. The molecule has 1 amide bonds. The molecule has 2 aliphatic rings. The molecule has 2 N–H and O–H groups in total. The summed E-state index contributed by atoms with van der Waals surface area (Å²) in [5.41, 5.74) is 1.66. The zero-order valence-corrected chi connectivity index (χ0v) is 12.9. The lowest BCUT2D eigenvalue weighted by Crippen LogP contribution is -2.48. The average Bonchev–Trinajstić information content (AvgIpc) is 3.19. The summed E-state index contributed by atoms with van der Waals surface area (Å²) in [6.45, 7) is 5.26. The second kappa shape index (κ2) is 5.09. The Labute approximate surface area is 129 Å². The van der Waals surface area contributed by atoms with E-state index in [0.29, 0.717) is 23.3 Å². The standard InChI is InChI=1S/C17H21N3O2/c1-9(2)15-11-3-4-18-8-14(11)22-16(15)17(21)20-13-6-10-5-12(13)19-7-10/h3-4,8-10,12-13,19H,5-7H2,1-2H3,(H,20,21). The second-order valence-corrected chi connectivity index (χ2v) is 6.80. The Balaban J connectivity index is 1.65. The lowest BCUT2D eigenvalue weighted by Gasteiger charge is -2.23. The van der Waals surface area contributed by atoms with Crippen LogP contribution in [0.15, 0.2) is 22.9 Å². The molecule has 3 unspecified atom stereocenters. The van der Waals surface area contributed by atoms with Crippen LogP contribution in [0.5, 0.6) is 0 Å². The fraction of sp³-hybridized carbons (Fsp3) is 0.529. The van der Waals surface area contributed by atoms with Crippen molar-refractivity contribution in [2.75, 3.05) is 6.54 Å². The van der Waals surface area contributed by atoms with E-state index < -0.39 is 0 Å². The number of rotatable bonds is 3. The third-order valence-corrected chi connectivity index (χ3v) is 4.96. The minimum absolute atomic E-state index is 0.0979. The number of aromatic nitrogens is 1. The Bertz CT molecular complexity index is 722. The molecule has 5 heteroatoms. The number of carbonyl (C=O) groups is 1. The molecule has 0 aromatic carbocycles. The third-order valence-electron chi connectivity index (χ3n) is 4.96. The maximum Gasteiger partial charge on any atom is 0.287 e. The Kier molecular flexibility index (Phi) is 3.18. The van der Waals surface area contributed by atoms with Crippen LogP contribution in [0.3, 0.4) is 0 Å². The molecule has 3 heterocycles. The van der Waals surface area contributed by atoms with Gasteiger partial charge in [0.15, 0.2) is 11.3 Å². The second-order valence-electron chi connectivity index (χ2n) is 6.80. The van der Waals surface area contributed by atoms with Gasteiger partial charge in [-0.05, 0) is 37.3 Å². The molecule has 4 rings (SSSR count). The number of carbonyl (C=O) groups excluding carboxylic acids is 1. The van der Waals surface area contributed by atoms with Gasteiger partial charge in [0.1, 0.15) is 0 Å². The van der Waals surface area contributed by atoms with E-state index in [4.69, 9.17) is 4.42 Å². The first-order valence-electron chi connectivity index (χ1n) is 8.04. The van der Waals surface area contributed by atoms with Crippen LogP contribution in [0, 0.1) is 5.92 Å². The molecule has 1 aliphatic carbocycles. The molecular formula is C17H21N3O2. The van der Waals surface area contributed by atoms with Crippen molar-refractivity contribution in [1.29, 1.82) is 0 Å². The number of hydrogen-bond acceptors (Lipinski definition) is 4. The largest absolute Gasteiger partial charge is 0.449 e. The third kappa shape index (κ3) is 2.11. The first-order chi connectivity index (χ1) is 10.6. The van der Waals surface area contributed by atoms with E-state index in [1.54, 1.807) is 12.4 Å². The number of hydrogen-bond donors (Lipinski definition) is 2. The highest BCUT2D eigenvalue weighted by atomic mass is 16.3. The normalized spacial score (nSPS) is 27.0. The van der Waals surface area contributed by atoms with Crippen LogP contribution < -0.4 is 10.6 Å². The van der Waals surface area contributed by atoms with Gasteiger partial charge in [-0.2, -0.15) is 0 Å². The van der Waals surface area contributed by atoms with Crippen molar-refractivity contribution in [3.05, 3.63) is 29.8 Å². The Hall–Kier alpha value is -1.88. The van der Waals surface area contributed by atoms with Crippen molar-refractivity contribution in [2.24, 2.45) is 5.92 Å². The Morgan fingerprint density at radius 2 is 2.32 bits per heavy atom. The van der Waals surface area contributed by atoms with Gasteiger partial charge in [0.2, 0.25) is 0 Å². The lowest BCUT2D eigenvalue weighted by atomic mass is 9.99. The van der Waals surface area contributed by atoms with E-state index in [0.717, 1.165) is 23.9 Å². The topological polar surface area (TPSA) is 67.2 Å². The number of nitrogens with zero attached hydrogens (tertiary/aromatic N) is 1. The number of amides is 1. The van der Waals surface area contributed by atoms with Crippen LogP contribution in [0.4, 0.5) is 0 Å². The molecule has 2 bridgehead atoms. The van der Waals surface area contributed by atoms with E-state index in [-0.39, 0.29) is 17.9 Å². The van der Waals surface area contributed by atoms with Crippen LogP contribution in [-0.4, -0.2) is 29.5 Å². The molecule has 0 radical (unpaired) electrons. The summed E-state index contributed by atoms with van der Waals surface area (Å²) in [5, 5.41) is 7.63. The fourth-order valence-electron chi connectivity index (χ4n) is 3.96. The van der Waals surface area contributed by atoms with Gasteiger partial charge >= 0.3 is 0 Å². The first-order valence-corrected chi connectivity index (χ1v) is 8.04. The van der Waals surface area contributed by atoms with Crippen molar-refractivity contribution in [1.82, 2.24) is 15.6 Å². The van der Waals surface area contributed by atoms with Gasteiger partial charge in [-0.1, -0.05) is 13.8 Å². The predicted octanol–water partition coefficient (Wildman–Crippen LogP) is 2.43. The summed E-state index contributed by atoms with van der Waals surface area (Å²) >= 11 is 0. The number of pyridine rings is 1. The van der Waals surface area contributed by atoms with Crippen LogP contribution >= 0.6 is 0 Å². The monoisotopic (exact) mass is 299 g/mol. The van der Waals surface area contributed by atoms with Crippen molar-refractivity contribution >= 4 is 16.9 Å². The van der Waals surface area contributed by atoms with Crippen molar-refractivity contribution in [3.63, 3.8) is 0 Å². The molecule has 2 aromatic heterocycles. The quantitative estimate of drug-likeness (QED) is 0.913. The molecule has 0 spiro atoms. The summed E-state index contributed by atoms with van der Waals surface area (Å²) < 4.78 is 5.82. The van der Waals surface area contributed by atoms with E-state index >= 15 is 0 Å². The molecule has 5 nitrogen and oxygen atoms in total. The molecule has 2 aromatic rings. The van der Waals surface area contributed by atoms with E-state index in [9.17, 15) is 4.79 Å². The van der Waals surface area contributed by atoms with E-state index in [1.807, 2.05) is 6.07 Å². The Morgan fingerprint density at radius 3 is 3.00 bits per heavy atom. The van der Waals surface area contributed by atoms with Crippen LogP contribution in [0.25, 0.3) is 11.0 Å². The lowest BCUT2D eigenvalue weighted by molar-refractivity contribution is 0.0900. The highest BCUT2D eigenvalue weighted by Crippen LogP contribution is 2.33. The van der Waals surface area contributed by atoms with Gasteiger partial charge in [-0.25, -0.2) is 0 Å². The predicted molar refractivity (Wildman–Crippen MR) is 83.9 cm³/mol.